The molecule has 2 amide bonds. The Hall–Kier alpha value is -3.07. The van der Waals surface area contributed by atoms with E-state index in [1.54, 1.807) is 60.7 Å². The highest BCUT2D eigenvalue weighted by molar-refractivity contribution is 7.92. The molecule has 1 atom stereocenters. The summed E-state index contributed by atoms with van der Waals surface area (Å²) in [4.78, 5) is 29.1. The van der Waals surface area contributed by atoms with Crippen LogP contribution >= 0.6 is 23.2 Å². The molecule has 1 N–H and O–H groups in total. The van der Waals surface area contributed by atoms with Crippen LogP contribution in [-0.2, 0) is 26.2 Å². The van der Waals surface area contributed by atoms with Crippen molar-refractivity contribution in [1.82, 2.24) is 10.2 Å². The molecule has 3 aromatic rings. The maximum absolute atomic E-state index is 14.1. The van der Waals surface area contributed by atoms with E-state index in [0.717, 1.165) is 30.0 Å². The van der Waals surface area contributed by atoms with Gasteiger partial charge in [-0.25, -0.2) is 8.42 Å². The van der Waals surface area contributed by atoms with Crippen LogP contribution in [0.2, 0.25) is 10.0 Å². The van der Waals surface area contributed by atoms with Crippen molar-refractivity contribution in [3.05, 3.63) is 94.5 Å². The lowest BCUT2D eigenvalue weighted by Crippen LogP contribution is -2.53. The first-order chi connectivity index (χ1) is 19.2. The van der Waals surface area contributed by atoms with Crippen molar-refractivity contribution in [2.45, 2.75) is 62.6 Å². The van der Waals surface area contributed by atoms with E-state index in [9.17, 15) is 18.0 Å². The maximum Gasteiger partial charge on any atom is 0.264 e. The van der Waals surface area contributed by atoms with Crippen molar-refractivity contribution in [1.29, 1.82) is 0 Å². The summed E-state index contributed by atoms with van der Waals surface area (Å²) >= 11 is 12.5. The molecule has 7 nitrogen and oxygen atoms in total. The van der Waals surface area contributed by atoms with Crippen LogP contribution in [-0.4, -0.2) is 43.8 Å². The Labute approximate surface area is 246 Å². The number of hydrogen-bond acceptors (Lipinski definition) is 4. The van der Waals surface area contributed by atoms with Crippen molar-refractivity contribution in [2.75, 3.05) is 10.8 Å². The van der Waals surface area contributed by atoms with Gasteiger partial charge in [0.15, 0.2) is 0 Å². The Balaban J connectivity index is 1.71. The van der Waals surface area contributed by atoms with Crippen LogP contribution in [0.1, 0.15) is 44.6 Å². The number of halogens is 2. The second kappa shape index (κ2) is 13.5. The summed E-state index contributed by atoms with van der Waals surface area (Å²) < 4.78 is 28.7. The molecule has 0 heterocycles. The largest absolute Gasteiger partial charge is 0.352 e. The Morgan fingerprint density at radius 3 is 2.17 bits per heavy atom. The molecule has 0 bridgehead atoms. The molecule has 40 heavy (non-hydrogen) atoms. The molecule has 1 unspecified atom stereocenters. The number of anilines is 1. The smallest absolute Gasteiger partial charge is 0.264 e. The van der Waals surface area contributed by atoms with E-state index in [2.05, 4.69) is 5.32 Å². The van der Waals surface area contributed by atoms with Crippen molar-refractivity contribution in [3.8, 4) is 0 Å². The van der Waals surface area contributed by atoms with Crippen LogP contribution in [0.4, 0.5) is 5.69 Å². The summed E-state index contributed by atoms with van der Waals surface area (Å²) in [7, 11) is -4.13. The maximum atomic E-state index is 14.1. The van der Waals surface area contributed by atoms with Gasteiger partial charge in [0.25, 0.3) is 10.0 Å². The molecule has 3 aromatic carbocycles. The zero-order valence-electron chi connectivity index (χ0n) is 22.3. The Kier molecular flexibility index (Phi) is 10.1. The van der Waals surface area contributed by atoms with E-state index in [-0.39, 0.29) is 29.1 Å². The van der Waals surface area contributed by atoms with Crippen molar-refractivity contribution < 1.29 is 18.0 Å². The van der Waals surface area contributed by atoms with Crippen LogP contribution in [0.25, 0.3) is 0 Å². The molecular weight excluding hydrogens is 569 g/mol. The van der Waals surface area contributed by atoms with Gasteiger partial charge in [0, 0.05) is 22.6 Å². The van der Waals surface area contributed by atoms with Gasteiger partial charge in [-0.3, -0.25) is 13.9 Å². The predicted molar refractivity (Wildman–Crippen MR) is 159 cm³/mol. The topological polar surface area (TPSA) is 86.8 Å². The first-order valence-corrected chi connectivity index (χ1v) is 15.6. The minimum Gasteiger partial charge on any atom is -0.352 e. The highest BCUT2D eigenvalue weighted by Crippen LogP contribution is 2.27. The number of carbonyl (C=O) groups is 2. The molecule has 1 aliphatic rings. The van der Waals surface area contributed by atoms with E-state index in [0.29, 0.717) is 22.0 Å². The van der Waals surface area contributed by atoms with Crippen LogP contribution < -0.4 is 9.62 Å². The minimum atomic E-state index is -4.13. The molecule has 0 saturated heterocycles. The van der Waals surface area contributed by atoms with Crippen LogP contribution in [0.5, 0.6) is 0 Å². The predicted octanol–water partition coefficient (Wildman–Crippen LogP) is 6.05. The second-order valence-corrected chi connectivity index (χ2v) is 12.5. The van der Waals surface area contributed by atoms with Crippen molar-refractivity contribution >= 4 is 50.7 Å². The number of nitrogens with one attached hydrogen (secondary N) is 1. The minimum absolute atomic E-state index is 0.0430. The summed E-state index contributed by atoms with van der Waals surface area (Å²) in [6.07, 6.45) is 4.26. The van der Waals surface area contributed by atoms with E-state index in [1.807, 2.05) is 13.0 Å². The van der Waals surface area contributed by atoms with Crippen molar-refractivity contribution in [2.24, 2.45) is 0 Å². The Morgan fingerprint density at radius 2 is 1.55 bits per heavy atom. The average Bonchev–Trinajstić information content (AvgIpc) is 3.46. The van der Waals surface area contributed by atoms with Gasteiger partial charge in [-0.1, -0.05) is 79.4 Å². The third-order valence-electron chi connectivity index (χ3n) is 7.11. The van der Waals surface area contributed by atoms with Gasteiger partial charge in [-0.05, 0) is 67.3 Å². The van der Waals surface area contributed by atoms with Crippen molar-refractivity contribution in [3.63, 3.8) is 0 Å². The zero-order chi connectivity index (χ0) is 28.7. The van der Waals surface area contributed by atoms with Gasteiger partial charge in [-0.2, -0.15) is 0 Å². The Bertz CT molecular complexity index is 1410. The monoisotopic (exact) mass is 601 g/mol. The summed E-state index contributed by atoms with van der Waals surface area (Å²) in [6, 6.07) is 20.6. The number of rotatable bonds is 11. The molecular formula is C30H33Cl2N3O4S. The van der Waals surface area contributed by atoms with E-state index >= 15 is 0 Å². The number of hydrogen-bond donors (Lipinski definition) is 1. The van der Waals surface area contributed by atoms with E-state index in [1.165, 1.54) is 17.0 Å². The molecule has 0 aromatic heterocycles. The number of amides is 2. The molecule has 1 saturated carbocycles. The summed E-state index contributed by atoms with van der Waals surface area (Å²) in [5, 5.41) is 3.99. The fraction of sp³-hybridized carbons (Fsp3) is 0.333. The third kappa shape index (κ3) is 7.16. The molecule has 0 aliphatic heterocycles. The molecule has 10 heteroatoms. The second-order valence-electron chi connectivity index (χ2n) is 9.83. The highest BCUT2D eigenvalue weighted by atomic mass is 35.5. The van der Waals surface area contributed by atoms with Crippen LogP contribution in [0, 0.1) is 0 Å². The number of sulfonamides is 1. The summed E-state index contributed by atoms with van der Waals surface area (Å²) in [5.41, 5.74) is 0.941. The molecule has 212 valence electrons. The van der Waals surface area contributed by atoms with Gasteiger partial charge in [0.05, 0.1) is 10.6 Å². The van der Waals surface area contributed by atoms with Crippen LogP contribution in [0.15, 0.2) is 83.8 Å². The summed E-state index contributed by atoms with van der Waals surface area (Å²) in [5.74, 6) is -0.776. The fourth-order valence-electron chi connectivity index (χ4n) is 4.95. The SMILES string of the molecule is CCC(C(=O)NC1CCCC1)N(Cc1ccccc1Cl)C(=O)CN(c1ccc(Cl)cc1)S(=O)(=O)c1ccccc1. The van der Waals surface area contributed by atoms with Gasteiger partial charge < -0.3 is 10.2 Å². The molecule has 1 fully saturated rings. The zero-order valence-corrected chi connectivity index (χ0v) is 24.6. The van der Waals surface area contributed by atoms with Gasteiger partial charge in [0.2, 0.25) is 11.8 Å². The summed E-state index contributed by atoms with van der Waals surface area (Å²) in [6.45, 7) is 1.37. The number of benzene rings is 3. The third-order valence-corrected chi connectivity index (χ3v) is 9.52. The van der Waals surface area contributed by atoms with E-state index in [4.69, 9.17) is 23.2 Å². The highest BCUT2D eigenvalue weighted by Gasteiger charge is 2.34. The van der Waals surface area contributed by atoms with E-state index < -0.39 is 28.5 Å². The first kappa shape index (κ1) is 29.9. The lowest BCUT2D eigenvalue weighted by Gasteiger charge is -2.34. The normalized spacial score (nSPS) is 14.5. The standard InChI is InChI=1S/C30H33Cl2N3O4S/c1-2-28(30(37)33-24-11-7-8-12-24)34(20-22-10-6-9-15-27(22)32)29(36)21-35(25-18-16-23(31)17-19-25)40(38,39)26-13-4-3-5-14-26/h3-6,9-10,13-19,24,28H,2,7-8,11-12,20-21H2,1H3,(H,33,37). The molecule has 0 spiro atoms. The lowest BCUT2D eigenvalue weighted by atomic mass is 10.1. The van der Waals surface area contributed by atoms with Gasteiger partial charge >= 0.3 is 0 Å². The lowest BCUT2D eigenvalue weighted by molar-refractivity contribution is -0.140. The fourth-order valence-corrected chi connectivity index (χ4v) is 6.71. The number of nitrogens with zero attached hydrogens (tertiary/aromatic N) is 2. The van der Waals surface area contributed by atoms with Gasteiger partial charge in [0.1, 0.15) is 12.6 Å². The van der Waals surface area contributed by atoms with Crippen LogP contribution in [0.3, 0.4) is 0 Å². The molecule has 1 aliphatic carbocycles. The van der Waals surface area contributed by atoms with Gasteiger partial charge in [-0.15, -0.1) is 0 Å². The Morgan fingerprint density at radius 1 is 0.925 bits per heavy atom. The molecule has 4 rings (SSSR count). The number of carbonyl (C=O) groups excluding carboxylic acids is 2. The first-order valence-electron chi connectivity index (χ1n) is 13.4. The quantitative estimate of drug-likeness (QED) is 0.289. The molecule has 0 radical (unpaired) electrons. The average molecular weight is 603 g/mol.